The van der Waals surface area contributed by atoms with Crippen LogP contribution in [0.4, 0.5) is 0 Å². The highest BCUT2D eigenvalue weighted by Gasteiger charge is 2.19. The molecule has 7 heteroatoms. The lowest BCUT2D eigenvalue weighted by Gasteiger charge is -2.10. The summed E-state index contributed by atoms with van der Waals surface area (Å²) in [5.74, 6) is -0.0420. The summed E-state index contributed by atoms with van der Waals surface area (Å²) < 4.78 is 1.57. The van der Waals surface area contributed by atoms with Crippen LogP contribution in [0.2, 0.25) is 0 Å². The van der Waals surface area contributed by atoms with Crippen molar-refractivity contribution in [1.82, 2.24) is 20.2 Å². The molecule has 0 aliphatic heterocycles. The molecule has 1 aliphatic carbocycles. The smallest absolute Gasteiger partial charge is 0.262 e. The summed E-state index contributed by atoms with van der Waals surface area (Å²) in [6, 6.07) is 0. The Balaban J connectivity index is 1.76. The van der Waals surface area contributed by atoms with Crippen molar-refractivity contribution in [3.63, 3.8) is 0 Å². The average molecular weight is 334 g/mol. The number of aryl methyl sites for hydroxylation is 3. The summed E-state index contributed by atoms with van der Waals surface area (Å²) in [6.45, 7) is 1.71. The summed E-state index contributed by atoms with van der Waals surface area (Å²) in [6.07, 6.45) is 6.24. The van der Waals surface area contributed by atoms with E-state index in [4.69, 9.17) is 0 Å². The van der Waals surface area contributed by atoms with E-state index in [2.05, 4.69) is 15.6 Å². The summed E-state index contributed by atoms with van der Waals surface area (Å²) in [4.78, 5) is 31.1. The fourth-order valence-electron chi connectivity index (χ4n) is 2.98. The Labute approximate surface area is 138 Å². The molecule has 1 amide bonds. The number of likely N-dealkylation sites (N-methyl/N-ethyl adjacent to an activating group) is 1. The third-order valence-electron chi connectivity index (χ3n) is 4.22. The van der Waals surface area contributed by atoms with Crippen LogP contribution in [0, 0.1) is 0 Å². The largest absolute Gasteiger partial charge is 0.355 e. The fourth-order valence-corrected chi connectivity index (χ4v) is 4.20. The predicted molar refractivity (Wildman–Crippen MR) is 92.1 cm³/mol. The van der Waals surface area contributed by atoms with Crippen LogP contribution in [-0.2, 0) is 24.2 Å². The van der Waals surface area contributed by atoms with Gasteiger partial charge in [-0.2, -0.15) is 0 Å². The summed E-state index contributed by atoms with van der Waals surface area (Å²) in [5, 5.41) is 6.57. The van der Waals surface area contributed by atoms with Crippen LogP contribution in [0.5, 0.6) is 0 Å². The van der Waals surface area contributed by atoms with E-state index in [0.29, 0.717) is 19.5 Å². The quantitative estimate of drug-likeness (QED) is 0.775. The highest BCUT2D eigenvalue weighted by atomic mass is 32.1. The van der Waals surface area contributed by atoms with E-state index in [9.17, 15) is 9.59 Å². The zero-order chi connectivity index (χ0) is 16.2. The lowest BCUT2D eigenvalue weighted by atomic mass is 9.97. The third-order valence-corrected chi connectivity index (χ3v) is 5.42. The van der Waals surface area contributed by atoms with Crippen LogP contribution in [0.25, 0.3) is 10.2 Å². The van der Waals surface area contributed by atoms with Crippen LogP contribution in [0.15, 0.2) is 11.1 Å². The van der Waals surface area contributed by atoms with Crippen LogP contribution in [0.1, 0.15) is 29.7 Å². The van der Waals surface area contributed by atoms with Crippen molar-refractivity contribution in [2.45, 2.75) is 38.6 Å². The molecule has 0 saturated carbocycles. The topological polar surface area (TPSA) is 76.0 Å². The number of aromatic nitrogens is 2. The number of thiophene rings is 1. The molecule has 2 heterocycles. The standard InChI is InChI=1S/C16H22N4O2S/c1-17-7-8-18-13(21)6-9-20-10-19-15-14(16(20)22)11-4-2-3-5-12(11)23-15/h10,17H,2-9H2,1H3,(H,18,21). The van der Waals surface area contributed by atoms with Gasteiger partial charge < -0.3 is 10.6 Å². The van der Waals surface area contributed by atoms with Gasteiger partial charge in [-0.15, -0.1) is 11.3 Å². The Morgan fingerprint density at radius 2 is 2.17 bits per heavy atom. The number of nitrogens with one attached hydrogen (secondary N) is 2. The van der Waals surface area contributed by atoms with Crippen molar-refractivity contribution in [1.29, 1.82) is 0 Å². The average Bonchev–Trinajstić information content (AvgIpc) is 2.93. The Bertz CT molecular complexity index is 765. The van der Waals surface area contributed by atoms with Gasteiger partial charge in [-0.3, -0.25) is 14.2 Å². The molecule has 2 N–H and O–H groups in total. The number of rotatable bonds is 6. The second kappa shape index (κ2) is 7.23. The fraction of sp³-hybridized carbons (Fsp3) is 0.562. The van der Waals surface area contributed by atoms with Gasteiger partial charge in [0.1, 0.15) is 4.83 Å². The number of carbonyl (C=O) groups excluding carboxylic acids is 1. The minimum absolute atomic E-state index is 0.00238. The Morgan fingerprint density at radius 3 is 3.00 bits per heavy atom. The first-order chi connectivity index (χ1) is 11.2. The van der Waals surface area contributed by atoms with Crippen LogP contribution in [0.3, 0.4) is 0 Å². The lowest BCUT2D eigenvalue weighted by Crippen LogP contribution is -2.32. The summed E-state index contributed by atoms with van der Waals surface area (Å²) in [5.41, 5.74) is 1.19. The van der Waals surface area contributed by atoms with Gasteiger partial charge >= 0.3 is 0 Å². The molecule has 0 saturated heterocycles. The first-order valence-electron chi connectivity index (χ1n) is 8.11. The van der Waals surface area contributed by atoms with E-state index in [0.717, 1.165) is 36.0 Å². The molecule has 2 aromatic heterocycles. The molecule has 6 nitrogen and oxygen atoms in total. The number of carbonyl (C=O) groups is 1. The lowest BCUT2D eigenvalue weighted by molar-refractivity contribution is -0.121. The second-order valence-electron chi connectivity index (χ2n) is 5.84. The van der Waals surface area contributed by atoms with E-state index in [1.165, 1.54) is 16.9 Å². The molecular formula is C16H22N4O2S. The zero-order valence-electron chi connectivity index (χ0n) is 13.4. The SMILES string of the molecule is CNCCNC(=O)CCn1cnc2sc3c(c2c1=O)CCCC3. The number of amides is 1. The highest BCUT2D eigenvalue weighted by molar-refractivity contribution is 7.18. The predicted octanol–water partition coefficient (Wildman–Crippen LogP) is 1.06. The van der Waals surface area contributed by atoms with Crippen molar-refractivity contribution in [3.8, 4) is 0 Å². The molecule has 0 atom stereocenters. The third kappa shape index (κ3) is 3.45. The van der Waals surface area contributed by atoms with Gasteiger partial charge in [0, 0.05) is 30.9 Å². The van der Waals surface area contributed by atoms with E-state index in [1.807, 2.05) is 7.05 Å². The maximum absolute atomic E-state index is 12.7. The normalized spacial score (nSPS) is 14.0. The van der Waals surface area contributed by atoms with E-state index >= 15 is 0 Å². The van der Waals surface area contributed by atoms with Gasteiger partial charge in [0.2, 0.25) is 5.91 Å². The summed E-state index contributed by atoms with van der Waals surface area (Å²) >= 11 is 1.65. The van der Waals surface area contributed by atoms with Gasteiger partial charge in [0.05, 0.1) is 11.7 Å². The second-order valence-corrected chi connectivity index (χ2v) is 6.92. The zero-order valence-corrected chi connectivity index (χ0v) is 14.2. The molecule has 0 radical (unpaired) electrons. The first-order valence-corrected chi connectivity index (χ1v) is 8.93. The Hall–Kier alpha value is -1.73. The highest BCUT2D eigenvalue weighted by Crippen LogP contribution is 2.33. The molecule has 124 valence electrons. The Kier molecular flexibility index (Phi) is 5.07. The number of hydrogen-bond acceptors (Lipinski definition) is 5. The molecule has 0 aromatic carbocycles. The molecule has 0 bridgehead atoms. The number of fused-ring (bicyclic) bond motifs is 3. The molecular weight excluding hydrogens is 312 g/mol. The molecule has 0 unspecified atom stereocenters. The van der Waals surface area contributed by atoms with E-state index in [1.54, 1.807) is 22.2 Å². The Morgan fingerprint density at radius 1 is 1.35 bits per heavy atom. The molecule has 1 aliphatic rings. The van der Waals surface area contributed by atoms with Gasteiger partial charge in [0.15, 0.2) is 0 Å². The molecule has 0 spiro atoms. The molecule has 0 fully saturated rings. The summed E-state index contributed by atoms with van der Waals surface area (Å²) in [7, 11) is 1.84. The van der Waals surface area contributed by atoms with Gasteiger partial charge in [0.25, 0.3) is 5.56 Å². The van der Waals surface area contributed by atoms with E-state index in [-0.39, 0.29) is 11.5 Å². The number of hydrogen-bond donors (Lipinski definition) is 2. The minimum Gasteiger partial charge on any atom is -0.355 e. The molecule has 3 rings (SSSR count). The minimum atomic E-state index is -0.0420. The molecule has 2 aromatic rings. The van der Waals surface area contributed by atoms with E-state index < -0.39 is 0 Å². The maximum atomic E-state index is 12.7. The van der Waals surface area contributed by atoms with Crippen molar-refractivity contribution >= 4 is 27.5 Å². The van der Waals surface area contributed by atoms with Gasteiger partial charge in [-0.25, -0.2) is 4.98 Å². The maximum Gasteiger partial charge on any atom is 0.262 e. The van der Waals surface area contributed by atoms with Crippen LogP contribution >= 0.6 is 11.3 Å². The van der Waals surface area contributed by atoms with Crippen LogP contribution in [-0.4, -0.2) is 35.6 Å². The van der Waals surface area contributed by atoms with Crippen LogP contribution < -0.4 is 16.2 Å². The molecule has 23 heavy (non-hydrogen) atoms. The van der Waals surface area contributed by atoms with Gasteiger partial charge in [-0.05, 0) is 38.3 Å². The van der Waals surface area contributed by atoms with Crippen molar-refractivity contribution in [2.24, 2.45) is 0 Å². The van der Waals surface area contributed by atoms with Gasteiger partial charge in [-0.1, -0.05) is 0 Å². The van der Waals surface area contributed by atoms with Crippen molar-refractivity contribution < 1.29 is 4.79 Å². The van der Waals surface area contributed by atoms with Crippen molar-refractivity contribution in [2.75, 3.05) is 20.1 Å². The van der Waals surface area contributed by atoms with Crippen molar-refractivity contribution in [3.05, 3.63) is 27.1 Å². The number of nitrogens with zero attached hydrogens (tertiary/aromatic N) is 2. The monoisotopic (exact) mass is 334 g/mol. The first kappa shape index (κ1) is 16.1.